The van der Waals surface area contributed by atoms with E-state index in [2.05, 4.69) is 49.5 Å². The lowest BCUT2D eigenvalue weighted by Gasteiger charge is -2.08. The van der Waals surface area contributed by atoms with Crippen LogP contribution in [0.3, 0.4) is 0 Å². The van der Waals surface area contributed by atoms with Crippen molar-refractivity contribution in [3.05, 3.63) is 41.5 Å². The molecule has 8 nitrogen and oxygen atoms in total. The number of nitrogens with zero attached hydrogens (tertiary/aromatic N) is 5. The van der Waals surface area contributed by atoms with Crippen molar-refractivity contribution >= 4 is 5.95 Å². The molecule has 3 aromatic heterocycles. The van der Waals surface area contributed by atoms with E-state index in [-0.39, 0.29) is 5.75 Å². The second kappa shape index (κ2) is 7.25. The minimum atomic E-state index is 0.164. The summed E-state index contributed by atoms with van der Waals surface area (Å²) in [5.74, 6) is 1.13. The van der Waals surface area contributed by atoms with Crippen LogP contribution in [-0.4, -0.2) is 42.0 Å². The third kappa shape index (κ3) is 3.90. The Balaban J connectivity index is 1.68. The van der Waals surface area contributed by atoms with Crippen LogP contribution in [0.5, 0.6) is 5.75 Å². The summed E-state index contributed by atoms with van der Waals surface area (Å²) in [7, 11) is 0. The van der Waals surface area contributed by atoms with E-state index in [0.29, 0.717) is 41.9 Å². The topological polar surface area (TPSA) is 112 Å². The number of rotatable bonds is 6. The second-order valence-electron chi connectivity index (χ2n) is 6.08. The number of pyridine rings is 1. The Morgan fingerprint density at radius 3 is 2.80 bits per heavy atom. The number of aromatic amines is 1. The third-order valence-electron chi connectivity index (χ3n) is 3.85. The molecule has 0 amide bonds. The van der Waals surface area contributed by atoms with E-state index in [1.165, 1.54) is 0 Å². The summed E-state index contributed by atoms with van der Waals surface area (Å²) < 4.78 is 0. The lowest BCUT2D eigenvalue weighted by molar-refractivity contribution is 0.468. The number of hydrogen-bond donors (Lipinski definition) is 3. The molecule has 0 aliphatic heterocycles. The van der Waals surface area contributed by atoms with Crippen molar-refractivity contribution in [2.75, 3.05) is 11.9 Å². The van der Waals surface area contributed by atoms with Crippen molar-refractivity contribution in [1.82, 2.24) is 30.4 Å². The highest BCUT2D eigenvalue weighted by molar-refractivity contribution is 5.57. The van der Waals surface area contributed by atoms with Crippen molar-refractivity contribution < 1.29 is 5.11 Å². The number of nitrogens with one attached hydrogen (secondary N) is 2. The van der Waals surface area contributed by atoms with Crippen LogP contribution in [0.15, 0.2) is 24.4 Å². The van der Waals surface area contributed by atoms with E-state index >= 15 is 0 Å². The summed E-state index contributed by atoms with van der Waals surface area (Å²) in [6, 6.07) is 5.26. The molecule has 130 valence electrons. The molecular weight excluding hydrogens is 318 g/mol. The summed E-state index contributed by atoms with van der Waals surface area (Å²) in [6.07, 6.45) is 2.43. The quantitative estimate of drug-likeness (QED) is 0.632. The van der Waals surface area contributed by atoms with Gasteiger partial charge in [-0.1, -0.05) is 19.1 Å². The van der Waals surface area contributed by atoms with Gasteiger partial charge in [-0.05, 0) is 31.0 Å². The standard InChI is InChI=1S/C17H21N7O/c1-10(2)12-6-8-18-17(21-12)19-9-7-14-16(23-24-22-14)13-4-5-15(25)11(3)20-13/h4-6,8,10,25H,7,9H2,1-3H3,(H,18,19,21)(H,22,23,24). The summed E-state index contributed by atoms with van der Waals surface area (Å²) in [5, 5.41) is 23.7. The van der Waals surface area contributed by atoms with Gasteiger partial charge in [0.25, 0.3) is 0 Å². The molecule has 3 heterocycles. The molecule has 3 rings (SSSR count). The molecule has 0 spiro atoms. The highest BCUT2D eigenvalue weighted by atomic mass is 16.3. The molecule has 0 aliphatic carbocycles. The molecule has 0 atom stereocenters. The van der Waals surface area contributed by atoms with Crippen LogP contribution in [0.1, 0.15) is 36.8 Å². The zero-order valence-electron chi connectivity index (χ0n) is 14.5. The summed E-state index contributed by atoms with van der Waals surface area (Å²) >= 11 is 0. The fourth-order valence-electron chi connectivity index (χ4n) is 2.39. The monoisotopic (exact) mass is 339 g/mol. The van der Waals surface area contributed by atoms with Gasteiger partial charge in [-0.2, -0.15) is 0 Å². The second-order valence-corrected chi connectivity index (χ2v) is 6.08. The van der Waals surface area contributed by atoms with Crippen LogP contribution in [0.25, 0.3) is 11.4 Å². The molecule has 3 aromatic rings. The van der Waals surface area contributed by atoms with E-state index in [1.807, 2.05) is 6.07 Å². The summed E-state index contributed by atoms with van der Waals surface area (Å²) in [5.41, 5.74) is 3.79. The first kappa shape index (κ1) is 16.8. The van der Waals surface area contributed by atoms with Crippen molar-refractivity contribution in [3.63, 3.8) is 0 Å². The lowest BCUT2D eigenvalue weighted by Crippen LogP contribution is -2.10. The predicted molar refractivity (Wildman–Crippen MR) is 94.3 cm³/mol. The Kier molecular flexibility index (Phi) is 4.87. The van der Waals surface area contributed by atoms with E-state index in [4.69, 9.17) is 0 Å². The number of H-pyrrole nitrogens is 1. The van der Waals surface area contributed by atoms with Gasteiger partial charge in [-0.25, -0.2) is 15.0 Å². The van der Waals surface area contributed by atoms with Gasteiger partial charge in [0, 0.05) is 24.9 Å². The normalized spacial score (nSPS) is 11.0. The van der Waals surface area contributed by atoms with E-state index in [9.17, 15) is 5.11 Å². The zero-order valence-corrected chi connectivity index (χ0v) is 14.5. The van der Waals surface area contributed by atoms with Crippen molar-refractivity contribution in [3.8, 4) is 17.1 Å². The molecule has 0 radical (unpaired) electrons. The van der Waals surface area contributed by atoms with Gasteiger partial charge in [0.2, 0.25) is 5.95 Å². The lowest BCUT2D eigenvalue weighted by atomic mass is 10.1. The minimum Gasteiger partial charge on any atom is -0.506 e. The average Bonchev–Trinajstić information content (AvgIpc) is 3.06. The highest BCUT2D eigenvalue weighted by Gasteiger charge is 2.12. The molecule has 0 saturated heterocycles. The van der Waals surface area contributed by atoms with E-state index in [1.54, 1.807) is 25.3 Å². The van der Waals surface area contributed by atoms with Crippen LogP contribution >= 0.6 is 0 Å². The number of aryl methyl sites for hydroxylation is 1. The number of aromatic hydroxyl groups is 1. The SMILES string of the molecule is Cc1nc(-c2nn[nH]c2CCNc2nccc(C(C)C)n2)ccc1O. The van der Waals surface area contributed by atoms with Crippen LogP contribution in [0, 0.1) is 6.92 Å². The smallest absolute Gasteiger partial charge is 0.222 e. The van der Waals surface area contributed by atoms with Crippen LogP contribution in [-0.2, 0) is 6.42 Å². The Labute approximate surface area is 145 Å². The van der Waals surface area contributed by atoms with Gasteiger partial charge >= 0.3 is 0 Å². The fourth-order valence-corrected chi connectivity index (χ4v) is 2.39. The van der Waals surface area contributed by atoms with Gasteiger partial charge in [-0.15, -0.1) is 5.10 Å². The Bertz CT molecular complexity index is 860. The maximum Gasteiger partial charge on any atom is 0.222 e. The molecule has 0 aliphatic rings. The molecule has 0 aromatic carbocycles. The maximum atomic E-state index is 9.61. The molecule has 0 fully saturated rings. The van der Waals surface area contributed by atoms with Gasteiger partial charge in [0.1, 0.15) is 11.4 Å². The van der Waals surface area contributed by atoms with Crippen molar-refractivity contribution in [2.45, 2.75) is 33.1 Å². The Morgan fingerprint density at radius 1 is 1.20 bits per heavy atom. The first-order valence-corrected chi connectivity index (χ1v) is 8.18. The number of anilines is 1. The average molecular weight is 339 g/mol. The molecule has 0 unspecified atom stereocenters. The van der Waals surface area contributed by atoms with Gasteiger partial charge in [0.05, 0.1) is 17.1 Å². The summed E-state index contributed by atoms with van der Waals surface area (Å²) in [6.45, 7) is 6.58. The van der Waals surface area contributed by atoms with E-state index < -0.39 is 0 Å². The molecule has 0 bridgehead atoms. The molecule has 8 heteroatoms. The van der Waals surface area contributed by atoms with E-state index in [0.717, 1.165) is 11.4 Å². The number of aromatic nitrogens is 6. The van der Waals surface area contributed by atoms with Gasteiger partial charge < -0.3 is 10.4 Å². The van der Waals surface area contributed by atoms with Gasteiger partial charge in [-0.3, -0.25) is 5.10 Å². The highest BCUT2D eigenvalue weighted by Crippen LogP contribution is 2.22. The Hall–Kier alpha value is -3.03. The summed E-state index contributed by atoms with van der Waals surface area (Å²) in [4.78, 5) is 13.1. The zero-order chi connectivity index (χ0) is 17.8. The molecule has 3 N–H and O–H groups in total. The van der Waals surface area contributed by atoms with Crippen LogP contribution in [0.2, 0.25) is 0 Å². The minimum absolute atomic E-state index is 0.164. The molecule has 25 heavy (non-hydrogen) atoms. The fraction of sp³-hybridized carbons (Fsp3) is 0.353. The molecule has 0 saturated carbocycles. The third-order valence-corrected chi connectivity index (χ3v) is 3.85. The van der Waals surface area contributed by atoms with Gasteiger partial charge in [0.15, 0.2) is 0 Å². The number of hydrogen-bond acceptors (Lipinski definition) is 7. The molecular formula is C17H21N7O. The predicted octanol–water partition coefficient (Wildman–Crippen LogP) is 2.45. The van der Waals surface area contributed by atoms with Crippen LogP contribution < -0.4 is 5.32 Å². The van der Waals surface area contributed by atoms with Crippen molar-refractivity contribution in [1.29, 1.82) is 0 Å². The first-order valence-electron chi connectivity index (χ1n) is 8.18. The largest absolute Gasteiger partial charge is 0.506 e. The maximum absolute atomic E-state index is 9.61. The van der Waals surface area contributed by atoms with Crippen molar-refractivity contribution in [2.24, 2.45) is 0 Å². The first-order chi connectivity index (χ1) is 12.0. The van der Waals surface area contributed by atoms with Crippen LogP contribution in [0.4, 0.5) is 5.95 Å². The Morgan fingerprint density at radius 2 is 2.04 bits per heavy atom.